The van der Waals surface area contributed by atoms with Gasteiger partial charge in [-0.2, -0.15) is 5.10 Å². The molecule has 1 atom stereocenters. The van der Waals surface area contributed by atoms with Crippen molar-refractivity contribution < 1.29 is 17.9 Å². The van der Waals surface area contributed by atoms with E-state index in [0.29, 0.717) is 59.0 Å². The van der Waals surface area contributed by atoms with Crippen LogP contribution in [-0.4, -0.2) is 57.6 Å². The highest BCUT2D eigenvalue weighted by Gasteiger charge is 2.86. The van der Waals surface area contributed by atoms with Crippen LogP contribution >= 0.6 is 0 Å². The molecule has 0 bridgehead atoms. The van der Waals surface area contributed by atoms with Gasteiger partial charge < -0.3 is 9.64 Å². The minimum absolute atomic E-state index is 0.0370. The fourth-order valence-corrected chi connectivity index (χ4v) is 8.86. The summed E-state index contributed by atoms with van der Waals surface area (Å²) in [5.74, 6) is 1.81. The van der Waals surface area contributed by atoms with Gasteiger partial charge in [-0.1, -0.05) is 6.92 Å². The molecule has 4 aliphatic rings. The van der Waals surface area contributed by atoms with Crippen molar-refractivity contribution in [1.29, 1.82) is 0 Å². The van der Waals surface area contributed by atoms with E-state index in [1.54, 1.807) is 37.0 Å². The summed E-state index contributed by atoms with van der Waals surface area (Å²) >= 11 is 0. The van der Waals surface area contributed by atoms with Crippen molar-refractivity contribution in [2.45, 2.75) is 70.2 Å². The van der Waals surface area contributed by atoms with Crippen molar-refractivity contribution in [1.82, 2.24) is 29.3 Å². The summed E-state index contributed by atoms with van der Waals surface area (Å²) in [5.41, 5.74) is 1.49. The quantitative estimate of drug-likeness (QED) is 0.429. The first-order valence-corrected chi connectivity index (χ1v) is 15.9. The number of aryl methyl sites for hydroxylation is 1. The van der Waals surface area contributed by atoms with Gasteiger partial charge in [-0.3, -0.25) is 9.48 Å². The molecule has 41 heavy (non-hydrogen) atoms. The molecule has 1 aliphatic heterocycles. The van der Waals surface area contributed by atoms with Gasteiger partial charge in [0, 0.05) is 37.3 Å². The van der Waals surface area contributed by atoms with Gasteiger partial charge >= 0.3 is 0 Å². The predicted octanol–water partition coefficient (Wildman–Crippen LogP) is 3.62. The van der Waals surface area contributed by atoms with Crippen LogP contribution in [0.25, 0.3) is 5.82 Å². The number of carbonyl (C=O) groups is 1. The lowest BCUT2D eigenvalue weighted by molar-refractivity contribution is 0.0981. The smallest absolute Gasteiger partial charge is 0.268 e. The summed E-state index contributed by atoms with van der Waals surface area (Å²) < 4.78 is 37.7. The monoisotopic (exact) mass is 579 g/mol. The first-order valence-electron chi connectivity index (χ1n) is 14.4. The Labute approximate surface area is 240 Å². The molecule has 2 spiro atoms. The normalized spacial score (nSPS) is 23.2. The number of carbonyl (C=O) groups excluding carboxylic acids is 1. The van der Waals surface area contributed by atoms with E-state index in [9.17, 15) is 13.2 Å². The number of amides is 1. The first-order chi connectivity index (χ1) is 19.4. The molecule has 0 unspecified atom stereocenters. The average Bonchev–Trinajstić information content (AvgIpc) is 3.84. The zero-order chi connectivity index (χ0) is 28.9. The number of nitrogens with one attached hydrogen (secondary N) is 1. The lowest BCUT2D eigenvalue weighted by Gasteiger charge is -2.34. The number of pyridine rings is 1. The van der Waals surface area contributed by atoms with E-state index in [1.165, 1.54) is 36.6 Å². The number of aromatic nitrogens is 5. The molecular formula is C29H37N7O4S. The average molecular weight is 580 g/mol. The second-order valence-electron chi connectivity index (χ2n) is 13.2. The summed E-state index contributed by atoms with van der Waals surface area (Å²) in [5, 5.41) is 8.64. The van der Waals surface area contributed by atoms with Gasteiger partial charge in [-0.15, -0.1) is 5.10 Å². The van der Waals surface area contributed by atoms with Gasteiger partial charge in [0.05, 0.1) is 24.1 Å². The van der Waals surface area contributed by atoms with Crippen LogP contribution in [0.1, 0.15) is 68.9 Å². The van der Waals surface area contributed by atoms with Crippen LogP contribution in [0, 0.1) is 29.6 Å². The number of fused-ring (bicyclic) bond motifs is 1. The van der Waals surface area contributed by atoms with Gasteiger partial charge in [0.15, 0.2) is 5.82 Å². The highest BCUT2D eigenvalue weighted by atomic mass is 32.2. The van der Waals surface area contributed by atoms with E-state index in [-0.39, 0.29) is 16.0 Å². The number of ether oxygens (including phenoxy) is 1. The van der Waals surface area contributed by atoms with Crippen LogP contribution < -0.4 is 14.4 Å². The molecule has 4 heterocycles. The fourth-order valence-electron chi connectivity index (χ4n) is 7.68. The van der Waals surface area contributed by atoms with E-state index in [4.69, 9.17) is 9.72 Å². The Balaban J connectivity index is 1.16. The highest BCUT2D eigenvalue weighted by Crippen LogP contribution is 2.92. The Morgan fingerprint density at radius 1 is 1.15 bits per heavy atom. The van der Waals surface area contributed by atoms with Crippen LogP contribution in [0.15, 0.2) is 35.5 Å². The Kier molecular flexibility index (Phi) is 5.53. The van der Waals surface area contributed by atoms with Gasteiger partial charge in [0.25, 0.3) is 15.9 Å². The fraction of sp³-hybridized carbons (Fsp3) is 0.586. The predicted molar refractivity (Wildman–Crippen MR) is 151 cm³/mol. The van der Waals surface area contributed by atoms with Crippen LogP contribution in [0.4, 0.5) is 5.82 Å². The van der Waals surface area contributed by atoms with Crippen LogP contribution in [0.2, 0.25) is 0 Å². The van der Waals surface area contributed by atoms with Crippen molar-refractivity contribution in [3.05, 3.63) is 41.9 Å². The molecule has 4 fully saturated rings. The molecule has 1 amide bonds. The molecule has 3 saturated carbocycles. The Bertz CT molecular complexity index is 1650. The lowest BCUT2D eigenvalue weighted by atomic mass is 9.97. The molecule has 3 aromatic heterocycles. The summed E-state index contributed by atoms with van der Waals surface area (Å²) in [6.45, 7) is 9.42. The number of sulfonamides is 1. The van der Waals surface area contributed by atoms with Crippen molar-refractivity contribution in [3.8, 4) is 11.7 Å². The number of anilines is 1. The van der Waals surface area contributed by atoms with Crippen LogP contribution in [0.5, 0.6) is 5.88 Å². The van der Waals surface area contributed by atoms with E-state index in [1.807, 2.05) is 6.07 Å². The second kappa shape index (κ2) is 8.56. The highest BCUT2D eigenvalue weighted by molar-refractivity contribution is 7.90. The molecule has 12 heteroatoms. The van der Waals surface area contributed by atoms with E-state index in [0.717, 1.165) is 6.42 Å². The van der Waals surface area contributed by atoms with Crippen molar-refractivity contribution in [2.24, 2.45) is 29.7 Å². The topological polar surface area (TPSA) is 124 Å². The maximum absolute atomic E-state index is 13.5. The number of rotatable bonds is 8. The largest absolute Gasteiger partial charge is 0.476 e. The maximum Gasteiger partial charge on any atom is 0.268 e. The number of hydrogen-bond acceptors (Lipinski definition) is 8. The van der Waals surface area contributed by atoms with Crippen molar-refractivity contribution in [2.75, 3.05) is 18.1 Å². The van der Waals surface area contributed by atoms with Gasteiger partial charge in [-0.25, -0.2) is 22.8 Å². The van der Waals surface area contributed by atoms with Crippen molar-refractivity contribution >= 4 is 21.7 Å². The summed E-state index contributed by atoms with van der Waals surface area (Å²) in [6.07, 6.45) is 9.34. The van der Waals surface area contributed by atoms with E-state index < -0.39 is 15.9 Å². The summed E-state index contributed by atoms with van der Waals surface area (Å²) in [7, 11) is -2.48. The number of hydrogen-bond donors (Lipinski definition) is 1. The third kappa shape index (κ3) is 4.08. The Hall–Kier alpha value is -3.41. The minimum atomic E-state index is -4.14. The summed E-state index contributed by atoms with van der Waals surface area (Å²) in [4.78, 5) is 20.5. The molecule has 0 aromatic carbocycles. The lowest BCUT2D eigenvalue weighted by Crippen LogP contribution is -2.41. The Morgan fingerprint density at radius 3 is 2.44 bits per heavy atom. The first kappa shape index (κ1) is 26.5. The third-order valence-electron chi connectivity index (χ3n) is 10.2. The zero-order valence-corrected chi connectivity index (χ0v) is 25.0. The zero-order valence-electron chi connectivity index (χ0n) is 24.2. The van der Waals surface area contributed by atoms with Gasteiger partial charge in [0.1, 0.15) is 10.7 Å². The molecule has 3 aromatic rings. The standard InChI is InChI=1S/C29H37N7O4S/c1-18-14-27(3,4)35(16-18)25-20(26(37)33-41(38,39)21-15-30-34(5)19(21)2)6-7-23(31-25)36-13-8-24(32-36)40-17-22-28(9-10-28)29(22)11-12-29/h6-8,13,15,18,22H,9-12,14,16-17H2,1-5H3,(H,33,37)/t18-/m0/s1. The van der Waals surface area contributed by atoms with Gasteiger partial charge in [0.2, 0.25) is 5.88 Å². The molecular weight excluding hydrogens is 542 g/mol. The summed E-state index contributed by atoms with van der Waals surface area (Å²) in [6, 6.07) is 5.15. The van der Waals surface area contributed by atoms with Gasteiger partial charge in [-0.05, 0) is 81.8 Å². The van der Waals surface area contributed by atoms with E-state index >= 15 is 0 Å². The molecule has 3 aliphatic carbocycles. The molecule has 0 radical (unpaired) electrons. The molecule has 7 rings (SSSR count). The maximum atomic E-state index is 13.5. The molecule has 1 saturated heterocycles. The molecule has 11 nitrogen and oxygen atoms in total. The third-order valence-corrected chi connectivity index (χ3v) is 11.6. The van der Waals surface area contributed by atoms with Crippen LogP contribution in [-0.2, 0) is 17.1 Å². The van der Waals surface area contributed by atoms with Crippen LogP contribution in [0.3, 0.4) is 0 Å². The van der Waals surface area contributed by atoms with E-state index in [2.05, 4.69) is 40.6 Å². The minimum Gasteiger partial charge on any atom is -0.476 e. The SMILES string of the molecule is Cc1c(S(=O)(=O)NC(=O)c2ccc(-n3ccc(OCC4C5(CC5)C45CC5)n3)nc2N2C[C@@H](C)CC2(C)C)cnn1C. The molecule has 1 N–H and O–H groups in total. The molecule has 218 valence electrons. The number of nitrogens with zero attached hydrogens (tertiary/aromatic N) is 6. The second-order valence-corrected chi connectivity index (χ2v) is 14.9. The van der Waals surface area contributed by atoms with Crippen molar-refractivity contribution in [3.63, 3.8) is 0 Å². The Morgan fingerprint density at radius 2 is 1.85 bits per heavy atom.